The predicted octanol–water partition coefficient (Wildman–Crippen LogP) is 1.26. The van der Waals surface area contributed by atoms with Crippen LogP contribution in [0.2, 0.25) is 0 Å². The molecule has 1 saturated heterocycles. The summed E-state index contributed by atoms with van der Waals surface area (Å²) >= 11 is 0. The third kappa shape index (κ3) is 3.14. The van der Waals surface area contributed by atoms with Gasteiger partial charge >= 0.3 is 6.03 Å². The topological polar surface area (TPSA) is 80.6 Å². The summed E-state index contributed by atoms with van der Waals surface area (Å²) in [5.74, 6) is -0.632. The van der Waals surface area contributed by atoms with Crippen LogP contribution in [0.25, 0.3) is 0 Å². The zero-order valence-corrected chi connectivity index (χ0v) is 14.2. The van der Waals surface area contributed by atoms with Gasteiger partial charge in [0.2, 0.25) is 0 Å². The molecule has 7 nitrogen and oxygen atoms in total. The summed E-state index contributed by atoms with van der Waals surface area (Å²) in [7, 11) is 1.62. The highest BCUT2D eigenvalue weighted by molar-refractivity contribution is 6.11. The molecule has 0 bridgehead atoms. The van der Waals surface area contributed by atoms with Crippen LogP contribution in [0.4, 0.5) is 4.79 Å². The van der Waals surface area contributed by atoms with E-state index in [4.69, 9.17) is 4.74 Å². The van der Waals surface area contributed by atoms with Crippen molar-refractivity contribution in [2.24, 2.45) is 0 Å². The Balaban J connectivity index is 2.19. The number of rotatable bonds is 6. The highest BCUT2D eigenvalue weighted by Crippen LogP contribution is 2.20. The first kappa shape index (κ1) is 17.2. The van der Waals surface area contributed by atoms with Crippen molar-refractivity contribution in [2.45, 2.75) is 39.8 Å². The first-order chi connectivity index (χ1) is 10.7. The Morgan fingerprint density at radius 1 is 1.30 bits per heavy atom. The minimum atomic E-state index is -0.966. The standard InChI is InChI=1S/C16H23N3O4/c1-10-8-12(11(2)18(10)6-7-23-5)13(20)9-19-14(21)16(3,4)17-15(19)22/h8H,6-7,9H2,1-5H3,(H,17,22). The Morgan fingerprint density at radius 3 is 2.48 bits per heavy atom. The Bertz CT molecular complexity index is 661. The van der Waals surface area contributed by atoms with Gasteiger partial charge in [-0.3, -0.25) is 14.5 Å². The maximum Gasteiger partial charge on any atom is 0.325 e. The van der Waals surface area contributed by atoms with Crippen molar-refractivity contribution in [2.75, 3.05) is 20.3 Å². The molecular weight excluding hydrogens is 298 g/mol. The molecule has 0 spiro atoms. The third-order valence-corrected chi connectivity index (χ3v) is 4.14. The molecule has 0 radical (unpaired) electrons. The van der Waals surface area contributed by atoms with Gasteiger partial charge in [-0.05, 0) is 33.8 Å². The second-order valence-corrected chi connectivity index (χ2v) is 6.30. The first-order valence-corrected chi connectivity index (χ1v) is 7.52. The van der Waals surface area contributed by atoms with E-state index in [0.29, 0.717) is 18.7 Å². The molecule has 2 heterocycles. The van der Waals surface area contributed by atoms with Crippen LogP contribution in [-0.4, -0.2) is 53.0 Å². The minimum Gasteiger partial charge on any atom is -0.383 e. The maximum atomic E-state index is 12.5. The third-order valence-electron chi connectivity index (χ3n) is 4.14. The van der Waals surface area contributed by atoms with Gasteiger partial charge < -0.3 is 14.6 Å². The van der Waals surface area contributed by atoms with Crippen molar-refractivity contribution in [3.63, 3.8) is 0 Å². The summed E-state index contributed by atoms with van der Waals surface area (Å²) in [6, 6.07) is 1.26. The van der Waals surface area contributed by atoms with Crippen molar-refractivity contribution in [1.82, 2.24) is 14.8 Å². The summed E-state index contributed by atoms with van der Waals surface area (Å²) in [6.45, 7) is 7.95. The number of aryl methyl sites for hydroxylation is 1. The number of carbonyl (C=O) groups excluding carboxylic acids is 3. The van der Waals surface area contributed by atoms with Gasteiger partial charge in [0.15, 0.2) is 5.78 Å². The van der Waals surface area contributed by atoms with Crippen LogP contribution < -0.4 is 5.32 Å². The fraction of sp³-hybridized carbons (Fsp3) is 0.562. The number of ketones is 1. The number of aromatic nitrogens is 1. The Hall–Kier alpha value is -2.15. The molecule has 23 heavy (non-hydrogen) atoms. The summed E-state index contributed by atoms with van der Waals surface area (Å²) in [6.07, 6.45) is 0. The average Bonchev–Trinajstić information content (AvgIpc) is 2.85. The van der Waals surface area contributed by atoms with Crippen LogP contribution in [0.3, 0.4) is 0 Å². The molecule has 0 aromatic carbocycles. The van der Waals surface area contributed by atoms with Gasteiger partial charge in [-0.1, -0.05) is 0 Å². The number of imide groups is 1. The lowest BCUT2D eigenvalue weighted by atomic mass is 10.1. The fourth-order valence-corrected chi connectivity index (χ4v) is 2.80. The largest absolute Gasteiger partial charge is 0.383 e. The summed E-state index contributed by atoms with van der Waals surface area (Å²) in [4.78, 5) is 37.6. The Labute approximate surface area is 135 Å². The highest BCUT2D eigenvalue weighted by atomic mass is 16.5. The zero-order chi connectivity index (χ0) is 17.4. The number of urea groups is 1. The lowest BCUT2D eigenvalue weighted by molar-refractivity contribution is -0.129. The number of nitrogens with one attached hydrogen (secondary N) is 1. The van der Waals surface area contributed by atoms with Crippen LogP contribution >= 0.6 is 0 Å². The molecule has 1 aliphatic heterocycles. The van der Waals surface area contributed by atoms with Gasteiger partial charge in [0.1, 0.15) is 5.54 Å². The molecule has 1 aliphatic rings. The lowest BCUT2D eigenvalue weighted by Crippen LogP contribution is -2.41. The lowest BCUT2D eigenvalue weighted by Gasteiger charge is -2.15. The molecule has 1 aromatic rings. The minimum absolute atomic E-state index is 0.247. The van der Waals surface area contributed by atoms with Crippen LogP contribution in [0.15, 0.2) is 6.07 Å². The molecule has 1 aromatic heterocycles. The molecule has 0 aliphatic carbocycles. The van der Waals surface area contributed by atoms with E-state index in [1.807, 2.05) is 18.4 Å². The van der Waals surface area contributed by atoms with Gasteiger partial charge in [0, 0.05) is 30.6 Å². The summed E-state index contributed by atoms with van der Waals surface area (Å²) < 4.78 is 7.07. The second kappa shape index (κ2) is 6.16. The fourth-order valence-electron chi connectivity index (χ4n) is 2.80. The maximum absolute atomic E-state index is 12.5. The molecule has 0 atom stereocenters. The van der Waals surface area contributed by atoms with E-state index in [2.05, 4.69) is 5.32 Å². The van der Waals surface area contributed by atoms with E-state index in [-0.39, 0.29) is 18.2 Å². The van der Waals surface area contributed by atoms with Gasteiger partial charge in [0.25, 0.3) is 5.91 Å². The van der Waals surface area contributed by atoms with Gasteiger partial charge in [-0.2, -0.15) is 0 Å². The number of methoxy groups -OCH3 is 1. The van der Waals surface area contributed by atoms with E-state index < -0.39 is 11.6 Å². The Kier molecular flexibility index (Phi) is 4.61. The number of hydrogen-bond donors (Lipinski definition) is 1. The first-order valence-electron chi connectivity index (χ1n) is 7.52. The molecule has 7 heteroatoms. The number of hydrogen-bond acceptors (Lipinski definition) is 4. The zero-order valence-electron chi connectivity index (χ0n) is 14.2. The van der Waals surface area contributed by atoms with E-state index in [1.54, 1.807) is 27.0 Å². The van der Waals surface area contributed by atoms with Gasteiger partial charge in [0.05, 0.1) is 13.2 Å². The van der Waals surface area contributed by atoms with Crippen molar-refractivity contribution in [3.8, 4) is 0 Å². The SMILES string of the molecule is COCCn1c(C)cc(C(=O)CN2C(=O)NC(C)(C)C2=O)c1C. The van der Waals surface area contributed by atoms with Crippen molar-refractivity contribution >= 4 is 17.7 Å². The molecule has 126 valence electrons. The highest BCUT2D eigenvalue weighted by Gasteiger charge is 2.45. The number of amides is 3. The quantitative estimate of drug-likeness (QED) is 0.632. The average molecular weight is 321 g/mol. The molecule has 0 saturated carbocycles. The van der Waals surface area contributed by atoms with Crippen molar-refractivity contribution < 1.29 is 19.1 Å². The van der Waals surface area contributed by atoms with E-state index in [9.17, 15) is 14.4 Å². The molecule has 2 rings (SSSR count). The van der Waals surface area contributed by atoms with Crippen molar-refractivity contribution in [1.29, 1.82) is 0 Å². The monoisotopic (exact) mass is 321 g/mol. The number of nitrogens with zero attached hydrogens (tertiary/aromatic N) is 2. The van der Waals surface area contributed by atoms with E-state index in [1.165, 1.54) is 0 Å². The summed E-state index contributed by atoms with van der Waals surface area (Å²) in [5, 5.41) is 2.57. The van der Waals surface area contributed by atoms with Crippen LogP contribution in [-0.2, 0) is 16.1 Å². The summed E-state index contributed by atoms with van der Waals surface area (Å²) in [5.41, 5.74) is 1.33. The molecule has 1 N–H and O–H groups in total. The van der Waals surface area contributed by atoms with Crippen molar-refractivity contribution in [3.05, 3.63) is 23.0 Å². The smallest absolute Gasteiger partial charge is 0.325 e. The van der Waals surface area contributed by atoms with E-state index in [0.717, 1.165) is 16.3 Å². The van der Waals surface area contributed by atoms with Crippen LogP contribution in [0.1, 0.15) is 35.6 Å². The second-order valence-electron chi connectivity index (χ2n) is 6.30. The normalized spacial score (nSPS) is 16.8. The van der Waals surface area contributed by atoms with Crippen LogP contribution in [0.5, 0.6) is 0 Å². The molecular formula is C16H23N3O4. The molecule has 3 amide bonds. The number of carbonyl (C=O) groups is 3. The van der Waals surface area contributed by atoms with Crippen LogP contribution in [0, 0.1) is 13.8 Å². The predicted molar refractivity (Wildman–Crippen MR) is 84.4 cm³/mol. The van der Waals surface area contributed by atoms with E-state index >= 15 is 0 Å². The van der Waals surface area contributed by atoms with Gasteiger partial charge in [-0.15, -0.1) is 0 Å². The Morgan fingerprint density at radius 2 is 1.96 bits per heavy atom. The molecule has 0 unspecified atom stereocenters. The molecule has 1 fully saturated rings. The number of ether oxygens (including phenoxy) is 1. The number of Topliss-reactive ketones (excluding diaryl/α,β-unsaturated/α-hetero) is 1. The van der Waals surface area contributed by atoms with Gasteiger partial charge in [-0.25, -0.2) is 4.79 Å².